The number of benzene rings is 1. The van der Waals surface area contributed by atoms with E-state index in [-0.39, 0.29) is 17.2 Å². The van der Waals surface area contributed by atoms with Gasteiger partial charge >= 0.3 is 0 Å². The van der Waals surface area contributed by atoms with Gasteiger partial charge < -0.3 is 15.5 Å². The van der Waals surface area contributed by atoms with Crippen LogP contribution in [0, 0.1) is 18.6 Å². The zero-order chi connectivity index (χ0) is 22.1. The quantitative estimate of drug-likeness (QED) is 0.506. The van der Waals surface area contributed by atoms with Crippen LogP contribution in [0.4, 0.5) is 26.2 Å². The van der Waals surface area contributed by atoms with Crippen LogP contribution in [0.3, 0.4) is 0 Å². The van der Waals surface area contributed by atoms with Crippen LogP contribution in [-0.4, -0.2) is 46.1 Å². The maximum absolute atomic E-state index is 14.6. The number of nitrogens with one attached hydrogen (secondary N) is 2. The molecule has 0 unspecified atom stereocenters. The molecule has 4 aromatic rings. The number of pyridine rings is 2. The Bertz CT molecular complexity index is 1270. The van der Waals surface area contributed by atoms with Gasteiger partial charge in [-0.3, -0.25) is 4.98 Å². The average Bonchev–Trinajstić information content (AvgIpc) is 2.82. The van der Waals surface area contributed by atoms with E-state index >= 15 is 0 Å². The van der Waals surface area contributed by atoms with Gasteiger partial charge in [0.05, 0.1) is 18.1 Å². The van der Waals surface area contributed by atoms with Crippen molar-refractivity contribution in [3.8, 4) is 11.3 Å². The summed E-state index contributed by atoms with van der Waals surface area (Å²) in [5, 5.41) is 6.89. The van der Waals surface area contributed by atoms with Crippen LogP contribution in [0.2, 0.25) is 0 Å². The summed E-state index contributed by atoms with van der Waals surface area (Å²) < 4.78 is 29.2. The standard InChI is InChI=1S/C23H21F2N7/c1-14-2-3-15-10-16(11-18(24)21(15)29-14)22-19(25)13-28-23(31-22)30-20-5-4-17(12-27-20)32-8-6-26-7-9-32/h2-5,10-13,26H,6-9H2,1H3,(H,27,28,30,31). The highest BCUT2D eigenvalue weighted by atomic mass is 19.1. The number of halogens is 2. The molecule has 0 radical (unpaired) electrons. The van der Waals surface area contributed by atoms with Gasteiger partial charge in [0.15, 0.2) is 5.82 Å². The van der Waals surface area contributed by atoms with E-state index < -0.39 is 11.6 Å². The van der Waals surface area contributed by atoms with Crippen LogP contribution in [-0.2, 0) is 0 Å². The molecule has 0 atom stereocenters. The highest BCUT2D eigenvalue weighted by Gasteiger charge is 2.15. The van der Waals surface area contributed by atoms with Gasteiger partial charge in [0, 0.05) is 42.8 Å². The second-order valence-electron chi connectivity index (χ2n) is 7.64. The van der Waals surface area contributed by atoms with Crippen molar-refractivity contribution in [3.05, 3.63) is 66.1 Å². The number of aryl methyl sites for hydroxylation is 1. The number of anilines is 3. The maximum atomic E-state index is 14.6. The molecule has 0 aliphatic carbocycles. The minimum absolute atomic E-state index is 0.00121. The SMILES string of the molecule is Cc1ccc2cc(-c3nc(Nc4ccc(N5CCNCC5)cn4)ncc3F)cc(F)c2n1. The summed E-state index contributed by atoms with van der Waals surface area (Å²) in [6.07, 6.45) is 2.85. The molecule has 0 bridgehead atoms. The number of rotatable bonds is 4. The van der Waals surface area contributed by atoms with Gasteiger partial charge in [0.2, 0.25) is 5.95 Å². The molecular weight excluding hydrogens is 412 g/mol. The first-order valence-electron chi connectivity index (χ1n) is 10.4. The van der Waals surface area contributed by atoms with Crippen molar-refractivity contribution in [1.82, 2.24) is 25.3 Å². The number of fused-ring (bicyclic) bond motifs is 1. The number of piperazine rings is 1. The number of hydrogen-bond acceptors (Lipinski definition) is 7. The van der Waals surface area contributed by atoms with E-state index in [4.69, 9.17) is 0 Å². The van der Waals surface area contributed by atoms with E-state index in [0.29, 0.717) is 22.5 Å². The molecule has 1 saturated heterocycles. The van der Waals surface area contributed by atoms with E-state index in [0.717, 1.165) is 38.1 Å². The third kappa shape index (κ3) is 4.06. The number of hydrogen-bond donors (Lipinski definition) is 2. The Kier molecular flexibility index (Phi) is 5.32. The third-order valence-corrected chi connectivity index (χ3v) is 5.37. The monoisotopic (exact) mass is 433 g/mol. The lowest BCUT2D eigenvalue weighted by atomic mass is 10.1. The third-order valence-electron chi connectivity index (χ3n) is 5.37. The van der Waals surface area contributed by atoms with Crippen molar-refractivity contribution >= 4 is 28.4 Å². The molecule has 5 rings (SSSR count). The Hall–Kier alpha value is -3.72. The first kappa shape index (κ1) is 20.2. The Labute approximate surface area is 183 Å². The highest BCUT2D eigenvalue weighted by Crippen LogP contribution is 2.28. The van der Waals surface area contributed by atoms with Gasteiger partial charge in [-0.15, -0.1) is 0 Å². The van der Waals surface area contributed by atoms with E-state index in [9.17, 15) is 8.78 Å². The van der Waals surface area contributed by atoms with Crippen molar-refractivity contribution in [1.29, 1.82) is 0 Å². The predicted molar refractivity (Wildman–Crippen MR) is 120 cm³/mol. The zero-order valence-corrected chi connectivity index (χ0v) is 17.4. The molecule has 1 aliphatic rings. The molecule has 1 fully saturated rings. The van der Waals surface area contributed by atoms with Crippen molar-refractivity contribution in [2.24, 2.45) is 0 Å². The molecular formula is C23H21F2N7. The van der Waals surface area contributed by atoms with Crippen molar-refractivity contribution in [2.75, 3.05) is 36.4 Å². The second kappa shape index (κ2) is 8.43. The second-order valence-corrected chi connectivity index (χ2v) is 7.64. The molecule has 2 N–H and O–H groups in total. The molecule has 1 aliphatic heterocycles. The van der Waals surface area contributed by atoms with Crippen LogP contribution < -0.4 is 15.5 Å². The van der Waals surface area contributed by atoms with Gasteiger partial charge in [-0.1, -0.05) is 6.07 Å². The Morgan fingerprint density at radius 1 is 0.938 bits per heavy atom. The Morgan fingerprint density at radius 3 is 2.56 bits per heavy atom. The lowest BCUT2D eigenvalue weighted by molar-refractivity contribution is 0.589. The van der Waals surface area contributed by atoms with Crippen LogP contribution in [0.5, 0.6) is 0 Å². The molecule has 0 amide bonds. The fraction of sp³-hybridized carbons (Fsp3) is 0.217. The van der Waals surface area contributed by atoms with Gasteiger partial charge in [0.25, 0.3) is 0 Å². The topological polar surface area (TPSA) is 78.9 Å². The largest absolute Gasteiger partial charge is 0.368 e. The fourth-order valence-corrected chi connectivity index (χ4v) is 3.74. The molecule has 0 spiro atoms. The minimum Gasteiger partial charge on any atom is -0.368 e. The summed E-state index contributed by atoms with van der Waals surface area (Å²) in [7, 11) is 0. The fourth-order valence-electron chi connectivity index (χ4n) is 3.74. The lowest BCUT2D eigenvalue weighted by Gasteiger charge is -2.29. The van der Waals surface area contributed by atoms with Gasteiger partial charge in [-0.05, 0) is 37.3 Å². The molecule has 4 heterocycles. The van der Waals surface area contributed by atoms with E-state index in [2.05, 4.69) is 35.5 Å². The van der Waals surface area contributed by atoms with Gasteiger partial charge in [-0.2, -0.15) is 0 Å². The summed E-state index contributed by atoms with van der Waals surface area (Å²) in [5.74, 6) is -0.465. The summed E-state index contributed by atoms with van der Waals surface area (Å²) in [4.78, 5) is 19.2. The van der Waals surface area contributed by atoms with E-state index in [1.54, 1.807) is 31.3 Å². The summed E-state index contributed by atoms with van der Waals surface area (Å²) in [6.45, 7) is 5.53. The summed E-state index contributed by atoms with van der Waals surface area (Å²) >= 11 is 0. The first-order valence-corrected chi connectivity index (χ1v) is 10.4. The molecule has 9 heteroatoms. The Morgan fingerprint density at radius 2 is 1.78 bits per heavy atom. The van der Waals surface area contributed by atoms with Crippen LogP contribution in [0.25, 0.3) is 22.2 Å². The number of aromatic nitrogens is 4. The average molecular weight is 433 g/mol. The molecule has 7 nitrogen and oxygen atoms in total. The van der Waals surface area contributed by atoms with Crippen molar-refractivity contribution in [3.63, 3.8) is 0 Å². The minimum atomic E-state index is -0.642. The molecule has 3 aromatic heterocycles. The van der Waals surface area contributed by atoms with Gasteiger partial charge in [-0.25, -0.2) is 23.7 Å². The molecule has 162 valence electrons. The van der Waals surface area contributed by atoms with Crippen molar-refractivity contribution < 1.29 is 8.78 Å². The zero-order valence-electron chi connectivity index (χ0n) is 17.4. The lowest BCUT2D eigenvalue weighted by Crippen LogP contribution is -2.43. The normalized spacial score (nSPS) is 14.0. The predicted octanol–water partition coefficient (Wildman–Crippen LogP) is 3.83. The maximum Gasteiger partial charge on any atom is 0.229 e. The molecule has 1 aromatic carbocycles. The van der Waals surface area contributed by atoms with E-state index in [1.165, 1.54) is 6.07 Å². The summed E-state index contributed by atoms with van der Waals surface area (Å²) in [5.41, 5.74) is 2.30. The first-order chi connectivity index (χ1) is 15.6. The molecule has 0 saturated carbocycles. The van der Waals surface area contributed by atoms with Crippen LogP contribution in [0.15, 0.2) is 48.8 Å². The number of nitrogens with zero attached hydrogens (tertiary/aromatic N) is 5. The van der Waals surface area contributed by atoms with Crippen LogP contribution >= 0.6 is 0 Å². The van der Waals surface area contributed by atoms with Crippen LogP contribution in [0.1, 0.15) is 5.69 Å². The highest BCUT2D eigenvalue weighted by molar-refractivity contribution is 5.84. The molecule has 32 heavy (non-hydrogen) atoms. The summed E-state index contributed by atoms with van der Waals surface area (Å²) in [6, 6.07) is 10.2. The van der Waals surface area contributed by atoms with E-state index in [1.807, 2.05) is 12.1 Å². The Balaban J connectivity index is 1.42. The smallest absolute Gasteiger partial charge is 0.229 e. The van der Waals surface area contributed by atoms with Gasteiger partial charge in [0.1, 0.15) is 22.8 Å². The van der Waals surface area contributed by atoms with Crippen molar-refractivity contribution in [2.45, 2.75) is 6.92 Å².